The van der Waals surface area contributed by atoms with Gasteiger partial charge in [0.25, 0.3) is 0 Å². The number of epoxide rings is 1. The normalized spacial score (nSPS) is 20.7. The maximum absolute atomic E-state index is 5.22. The van der Waals surface area contributed by atoms with Crippen LogP contribution in [0.3, 0.4) is 0 Å². The van der Waals surface area contributed by atoms with Gasteiger partial charge in [0.05, 0.1) is 13.7 Å². The van der Waals surface area contributed by atoms with Crippen LogP contribution in [-0.4, -0.2) is 13.7 Å². The number of benzene rings is 1. The Kier molecular flexibility index (Phi) is 2.07. The van der Waals surface area contributed by atoms with Crippen molar-refractivity contribution >= 4 is 15.9 Å². The van der Waals surface area contributed by atoms with Crippen molar-refractivity contribution in [3.63, 3.8) is 0 Å². The van der Waals surface area contributed by atoms with Crippen molar-refractivity contribution in [2.75, 3.05) is 13.7 Å². The summed E-state index contributed by atoms with van der Waals surface area (Å²) in [5, 5.41) is 0. The topological polar surface area (TPSA) is 21.8 Å². The Hall–Kier alpha value is -0.540. The van der Waals surface area contributed by atoms with Crippen molar-refractivity contribution in [3.05, 3.63) is 28.2 Å². The van der Waals surface area contributed by atoms with E-state index in [0.29, 0.717) is 0 Å². The molecule has 0 bridgehead atoms. The summed E-state index contributed by atoms with van der Waals surface area (Å²) in [4.78, 5) is 0. The summed E-state index contributed by atoms with van der Waals surface area (Å²) in [6.45, 7) is 0.805. The lowest BCUT2D eigenvalue weighted by atomic mass is 10.1. The van der Waals surface area contributed by atoms with Gasteiger partial charge < -0.3 is 9.47 Å². The minimum absolute atomic E-state index is 0.232. The molecule has 1 fully saturated rings. The van der Waals surface area contributed by atoms with Crippen LogP contribution in [0.25, 0.3) is 0 Å². The number of rotatable bonds is 2. The summed E-state index contributed by atoms with van der Waals surface area (Å²) in [6, 6.07) is 5.90. The molecule has 1 aliphatic rings. The lowest BCUT2D eigenvalue weighted by Crippen LogP contribution is -1.91. The van der Waals surface area contributed by atoms with E-state index in [0.717, 1.165) is 22.4 Å². The number of halogens is 1. The molecule has 1 atom stereocenters. The van der Waals surface area contributed by atoms with Crippen LogP contribution in [0.15, 0.2) is 22.7 Å². The molecule has 0 unspecified atom stereocenters. The van der Waals surface area contributed by atoms with Crippen molar-refractivity contribution in [3.8, 4) is 5.75 Å². The zero-order chi connectivity index (χ0) is 8.55. The molecule has 0 N–H and O–H groups in total. The van der Waals surface area contributed by atoms with Gasteiger partial charge in [-0.1, -0.05) is 22.0 Å². The van der Waals surface area contributed by atoms with Gasteiger partial charge in [-0.2, -0.15) is 0 Å². The average Bonchev–Trinajstić information content (AvgIpc) is 2.87. The molecule has 2 nitrogen and oxygen atoms in total. The molecule has 0 saturated carbocycles. The molecular formula is C9H9BrO2. The van der Waals surface area contributed by atoms with Crippen LogP contribution in [0, 0.1) is 0 Å². The molecule has 0 radical (unpaired) electrons. The highest BCUT2D eigenvalue weighted by atomic mass is 79.9. The van der Waals surface area contributed by atoms with Crippen LogP contribution in [0.2, 0.25) is 0 Å². The summed E-state index contributed by atoms with van der Waals surface area (Å²) in [5.41, 5.74) is 1.13. The zero-order valence-electron chi connectivity index (χ0n) is 6.71. The molecule has 12 heavy (non-hydrogen) atoms. The second kappa shape index (κ2) is 3.07. The Labute approximate surface area is 79.6 Å². The Bertz CT molecular complexity index is 295. The quantitative estimate of drug-likeness (QED) is 0.727. The molecular weight excluding hydrogens is 220 g/mol. The van der Waals surface area contributed by atoms with E-state index < -0.39 is 0 Å². The summed E-state index contributed by atoms with van der Waals surface area (Å²) >= 11 is 3.47. The van der Waals surface area contributed by atoms with Crippen LogP contribution in [-0.2, 0) is 4.74 Å². The minimum atomic E-state index is 0.232. The van der Waals surface area contributed by atoms with Gasteiger partial charge in [0.2, 0.25) is 0 Å². The summed E-state index contributed by atoms with van der Waals surface area (Å²) in [7, 11) is 1.67. The Morgan fingerprint density at radius 2 is 2.33 bits per heavy atom. The van der Waals surface area contributed by atoms with Crippen LogP contribution in [0.5, 0.6) is 5.75 Å². The Balaban J connectivity index is 2.45. The first-order chi connectivity index (χ1) is 5.83. The maximum atomic E-state index is 5.22. The molecule has 0 amide bonds. The fourth-order valence-corrected chi connectivity index (χ4v) is 1.83. The van der Waals surface area contributed by atoms with E-state index in [-0.39, 0.29) is 6.10 Å². The number of hydrogen-bond donors (Lipinski definition) is 0. The third kappa shape index (κ3) is 1.34. The van der Waals surface area contributed by atoms with E-state index in [1.54, 1.807) is 7.11 Å². The molecule has 1 saturated heterocycles. The lowest BCUT2D eigenvalue weighted by Gasteiger charge is -2.06. The summed E-state index contributed by atoms with van der Waals surface area (Å²) < 4.78 is 11.5. The third-order valence-corrected chi connectivity index (χ3v) is 2.58. The molecule has 64 valence electrons. The predicted molar refractivity (Wildman–Crippen MR) is 49.4 cm³/mol. The van der Waals surface area contributed by atoms with Gasteiger partial charge >= 0.3 is 0 Å². The number of hydrogen-bond acceptors (Lipinski definition) is 2. The first kappa shape index (κ1) is 8.08. The highest BCUT2D eigenvalue weighted by Crippen LogP contribution is 2.40. The minimum Gasteiger partial charge on any atom is -0.496 e. The Morgan fingerprint density at radius 1 is 1.58 bits per heavy atom. The van der Waals surface area contributed by atoms with Crippen LogP contribution < -0.4 is 4.74 Å². The molecule has 1 aliphatic heterocycles. The average molecular weight is 229 g/mol. The zero-order valence-corrected chi connectivity index (χ0v) is 8.30. The van der Waals surface area contributed by atoms with Gasteiger partial charge in [-0.15, -0.1) is 0 Å². The predicted octanol–water partition coefficient (Wildman–Crippen LogP) is 2.53. The molecule has 2 rings (SSSR count). The molecule has 1 heterocycles. The lowest BCUT2D eigenvalue weighted by molar-refractivity contribution is 0.382. The summed E-state index contributed by atoms with van der Waals surface area (Å²) in [6.07, 6.45) is 0.232. The van der Waals surface area contributed by atoms with E-state index in [2.05, 4.69) is 15.9 Å². The van der Waals surface area contributed by atoms with Crippen LogP contribution >= 0.6 is 15.9 Å². The van der Waals surface area contributed by atoms with E-state index in [1.807, 2.05) is 18.2 Å². The molecule has 3 heteroatoms. The van der Waals surface area contributed by atoms with Gasteiger partial charge in [0.15, 0.2) is 0 Å². The second-order valence-corrected chi connectivity index (χ2v) is 3.53. The SMILES string of the molecule is COc1cccc(Br)c1[C@H]1CO1. The van der Waals surface area contributed by atoms with Gasteiger partial charge in [-0.25, -0.2) is 0 Å². The third-order valence-electron chi connectivity index (χ3n) is 1.89. The molecule has 1 aromatic rings. The standard InChI is InChI=1S/C9H9BrO2/c1-11-7-4-2-3-6(10)9(7)8-5-12-8/h2-4,8H,5H2,1H3/t8-/m1/s1. The number of methoxy groups -OCH3 is 1. The molecule has 0 spiro atoms. The van der Waals surface area contributed by atoms with Crippen molar-refractivity contribution in [2.45, 2.75) is 6.10 Å². The highest BCUT2D eigenvalue weighted by molar-refractivity contribution is 9.10. The van der Waals surface area contributed by atoms with Crippen LogP contribution in [0.1, 0.15) is 11.7 Å². The van der Waals surface area contributed by atoms with E-state index in [1.165, 1.54) is 0 Å². The molecule has 0 aromatic heterocycles. The second-order valence-electron chi connectivity index (χ2n) is 2.68. The largest absolute Gasteiger partial charge is 0.496 e. The van der Waals surface area contributed by atoms with Gasteiger partial charge in [0, 0.05) is 10.0 Å². The van der Waals surface area contributed by atoms with E-state index in [4.69, 9.17) is 9.47 Å². The van der Waals surface area contributed by atoms with Crippen molar-refractivity contribution < 1.29 is 9.47 Å². The highest BCUT2D eigenvalue weighted by Gasteiger charge is 2.29. The maximum Gasteiger partial charge on any atom is 0.125 e. The van der Waals surface area contributed by atoms with Crippen LogP contribution in [0.4, 0.5) is 0 Å². The Morgan fingerprint density at radius 3 is 2.92 bits per heavy atom. The smallest absolute Gasteiger partial charge is 0.125 e. The van der Waals surface area contributed by atoms with Crippen molar-refractivity contribution in [2.24, 2.45) is 0 Å². The fourth-order valence-electron chi connectivity index (χ4n) is 1.22. The first-order valence-electron chi connectivity index (χ1n) is 3.77. The van der Waals surface area contributed by atoms with Crippen molar-refractivity contribution in [1.29, 1.82) is 0 Å². The number of ether oxygens (including phenoxy) is 2. The van der Waals surface area contributed by atoms with E-state index in [9.17, 15) is 0 Å². The van der Waals surface area contributed by atoms with Gasteiger partial charge in [-0.05, 0) is 12.1 Å². The first-order valence-corrected chi connectivity index (χ1v) is 4.56. The van der Waals surface area contributed by atoms with Gasteiger partial charge in [0.1, 0.15) is 11.9 Å². The molecule has 1 aromatic carbocycles. The summed E-state index contributed by atoms with van der Waals surface area (Å²) in [5.74, 6) is 0.895. The van der Waals surface area contributed by atoms with Gasteiger partial charge in [-0.3, -0.25) is 0 Å². The fraction of sp³-hybridized carbons (Fsp3) is 0.333. The monoisotopic (exact) mass is 228 g/mol. The van der Waals surface area contributed by atoms with E-state index >= 15 is 0 Å². The van der Waals surface area contributed by atoms with Crippen molar-refractivity contribution in [1.82, 2.24) is 0 Å². The molecule has 0 aliphatic carbocycles.